The number of carbonyl (C=O) groups excluding carboxylic acids is 2. The van der Waals surface area contributed by atoms with Crippen molar-refractivity contribution in [2.45, 2.75) is 39.7 Å². The minimum Gasteiger partial charge on any atom is -0.339 e. The van der Waals surface area contributed by atoms with Crippen molar-refractivity contribution in [3.63, 3.8) is 0 Å². The Labute approximate surface area is 126 Å². The molecule has 0 saturated carbocycles. The summed E-state index contributed by atoms with van der Waals surface area (Å²) >= 11 is 0. The summed E-state index contributed by atoms with van der Waals surface area (Å²) in [5.74, 6) is -0.190. The Bertz CT molecular complexity index is 502. The van der Waals surface area contributed by atoms with E-state index in [-0.39, 0.29) is 18.2 Å². The van der Waals surface area contributed by atoms with E-state index in [0.29, 0.717) is 24.3 Å². The van der Waals surface area contributed by atoms with Crippen molar-refractivity contribution >= 4 is 17.5 Å². The van der Waals surface area contributed by atoms with Gasteiger partial charge >= 0.3 is 0 Å². The summed E-state index contributed by atoms with van der Waals surface area (Å²) in [7, 11) is 0. The molecule has 0 bridgehead atoms. The number of carbonyl (C=O) groups is 2. The quantitative estimate of drug-likeness (QED) is 0.844. The Kier molecular flexibility index (Phi) is 5.90. The summed E-state index contributed by atoms with van der Waals surface area (Å²) in [5, 5.41) is 2.78. The zero-order valence-electron chi connectivity index (χ0n) is 13.3. The smallest absolute Gasteiger partial charge is 0.253 e. The molecule has 5 heteroatoms. The van der Waals surface area contributed by atoms with E-state index in [1.807, 2.05) is 13.8 Å². The van der Waals surface area contributed by atoms with Crippen molar-refractivity contribution in [2.75, 3.05) is 18.4 Å². The van der Waals surface area contributed by atoms with Gasteiger partial charge in [0.1, 0.15) is 0 Å². The van der Waals surface area contributed by atoms with Gasteiger partial charge in [0.05, 0.1) is 0 Å². The van der Waals surface area contributed by atoms with Crippen LogP contribution >= 0.6 is 0 Å². The molecule has 0 radical (unpaired) electrons. The third-order valence-electron chi connectivity index (χ3n) is 3.06. The molecule has 0 atom stereocenters. The number of rotatable bonds is 6. The number of hydrogen-bond donors (Lipinski definition) is 2. The summed E-state index contributed by atoms with van der Waals surface area (Å²) in [4.78, 5) is 25.9. The van der Waals surface area contributed by atoms with Gasteiger partial charge in [-0.25, -0.2) is 0 Å². The van der Waals surface area contributed by atoms with Crippen LogP contribution in [0.4, 0.5) is 5.69 Å². The SMILES string of the molecule is CCN(CC)C(=O)c1cccc(NC(=O)CC(C)(C)N)c1. The number of hydrogen-bond acceptors (Lipinski definition) is 3. The minimum absolute atomic E-state index is 0.0322. The molecule has 0 spiro atoms. The topological polar surface area (TPSA) is 75.4 Å². The maximum absolute atomic E-state index is 12.3. The predicted octanol–water partition coefficient (Wildman–Crippen LogP) is 2.23. The molecule has 0 fully saturated rings. The average Bonchev–Trinajstić information content (AvgIpc) is 2.38. The molecule has 21 heavy (non-hydrogen) atoms. The van der Waals surface area contributed by atoms with Gasteiger partial charge in [-0.1, -0.05) is 6.07 Å². The van der Waals surface area contributed by atoms with Gasteiger partial charge in [0.15, 0.2) is 0 Å². The molecule has 0 aliphatic rings. The standard InChI is InChI=1S/C16H25N3O2/c1-5-19(6-2)15(21)12-8-7-9-13(10-12)18-14(20)11-16(3,4)17/h7-10H,5-6,11,17H2,1-4H3,(H,18,20). The number of benzene rings is 1. The largest absolute Gasteiger partial charge is 0.339 e. The second-order valence-corrected chi connectivity index (χ2v) is 5.77. The normalized spacial score (nSPS) is 11.1. The van der Waals surface area contributed by atoms with Gasteiger partial charge in [0.25, 0.3) is 5.91 Å². The van der Waals surface area contributed by atoms with Crippen LogP contribution in [-0.4, -0.2) is 35.3 Å². The van der Waals surface area contributed by atoms with E-state index in [2.05, 4.69) is 5.32 Å². The van der Waals surface area contributed by atoms with Crippen molar-refractivity contribution in [3.8, 4) is 0 Å². The number of nitrogens with one attached hydrogen (secondary N) is 1. The third-order valence-corrected chi connectivity index (χ3v) is 3.06. The number of amides is 2. The molecule has 116 valence electrons. The molecule has 0 aliphatic heterocycles. The van der Waals surface area contributed by atoms with E-state index in [4.69, 9.17) is 5.73 Å². The lowest BCUT2D eigenvalue weighted by Gasteiger charge is -2.19. The van der Waals surface area contributed by atoms with Crippen molar-refractivity contribution in [1.82, 2.24) is 4.90 Å². The molecule has 0 saturated heterocycles. The summed E-state index contributed by atoms with van der Waals surface area (Å²) in [6.07, 6.45) is 0.223. The van der Waals surface area contributed by atoms with Crippen molar-refractivity contribution in [3.05, 3.63) is 29.8 Å². The van der Waals surface area contributed by atoms with E-state index in [0.717, 1.165) is 0 Å². The molecule has 0 aliphatic carbocycles. The molecular weight excluding hydrogens is 266 g/mol. The van der Waals surface area contributed by atoms with Gasteiger partial charge < -0.3 is 16.0 Å². The van der Waals surface area contributed by atoms with Gasteiger partial charge in [0, 0.05) is 36.3 Å². The van der Waals surface area contributed by atoms with E-state index in [1.54, 1.807) is 43.0 Å². The van der Waals surface area contributed by atoms with E-state index in [9.17, 15) is 9.59 Å². The van der Waals surface area contributed by atoms with Gasteiger partial charge in [-0.2, -0.15) is 0 Å². The van der Waals surface area contributed by atoms with Crippen LogP contribution in [0, 0.1) is 0 Å². The minimum atomic E-state index is -0.557. The highest BCUT2D eigenvalue weighted by molar-refractivity contribution is 5.97. The first-order valence-electron chi connectivity index (χ1n) is 7.25. The lowest BCUT2D eigenvalue weighted by atomic mass is 10.0. The molecule has 3 N–H and O–H groups in total. The number of nitrogens with two attached hydrogens (primary N) is 1. The maximum atomic E-state index is 12.3. The van der Waals surface area contributed by atoms with Crippen molar-refractivity contribution in [2.24, 2.45) is 5.73 Å². The summed E-state index contributed by atoms with van der Waals surface area (Å²) in [5.41, 5.74) is 6.45. The Morgan fingerprint density at radius 3 is 2.38 bits per heavy atom. The van der Waals surface area contributed by atoms with Crippen LogP contribution in [0.5, 0.6) is 0 Å². The van der Waals surface area contributed by atoms with Gasteiger partial charge in [-0.05, 0) is 45.9 Å². The summed E-state index contributed by atoms with van der Waals surface area (Å²) < 4.78 is 0. The second-order valence-electron chi connectivity index (χ2n) is 5.77. The highest BCUT2D eigenvalue weighted by Crippen LogP contribution is 2.14. The zero-order valence-corrected chi connectivity index (χ0v) is 13.3. The molecule has 0 heterocycles. The first-order chi connectivity index (χ1) is 9.76. The molecule has 2 amide bonds. The predicted molar refractivity (Wildman–Crippen MR) is 85.2 cm³/mol. The molecule has 1 aromatic rings. The first-order valence-corrected chi connectivity index (χ1v) is 7.25. The Balaban J connectivity index is 2.81. The summed E-state index contributed by atoms with van der Waals surface area (Å²) in [6.45, 7) is 8.80. The monoisotopic (exact) mass is 291 g/mol. The van der Waals surface area contributed by atoms with E-state index < -0.39 is 5.54 Å². The van der Waals surface area contributed by atoms with Crippen molar-refractivity contribution < 1.29 is 9.59 Å². The number of nitrogens with zero attached hydrogens (tertiary/aromatic N) is 1. The zero-order chi connectivity index (χ0) is 16.0. The third kappa shape index (κ3) is 5.55. The fraction of sp³-hybridized carbons (Fsp3) is 0.500. The molecule has 0 unspecified atom stereocenters. The van der Waals surface area contributed by atoms with Crippen LogP contribution in [-0.2, 0) is 4.79 Å². The van der Waals surface area contributed by atoms with Crippen LogP contribution in [0.15, 0.2) is 24.3 Å². The van der Waals surface area contributed by atoms with Crippen LogP contribution < -0.4 is 11.1 Å². The van der Waals surface area contributed by atoms with Gasteiger partial charge in [0.2, 0.25) is 5.91 Å². The highest BCUT2D eigenvalue weighted by atomic mass is 16.2. The average molecular weight is 291 g/mol. The Morgan fingerprint density at radius 1 is 1.24 bits per heavy atom. The Morgan fingerprint density at radius 2 is 1.86 bits per heavy atom. The molecular formula is C16H25N3O2. The van der Waals surface area contributed by atoms with Crippen LogP contribution in [0.25, 0.3) is 0 Å². The van der Waals surface area contributed by atoms with Crippen LogP contribution in [0.2, 0.25) is 0 Å². The van der Waals surface area contributed by atoms with Gasteiger partial charge in [-0.3, -0.25) is 9.59 Å². The first kappa shape index (κ1) is 17.2. The maximum Gasteiger partial charge on any atom is 0.253 e. The molecule has 0 aromatic heterocycles. The van der Waals surface area contributed by atoms with Gasteiger partial charge in [-0.15, -0.1) is 0 Å². The lowest BCUT2D eigenvalue weighted by molar-refractivity contribution is -0.117. The second kappa shape index (κ2) is 7.22. The van der Waals surface area contributed by atoms with E-state index >= 15 is 0 Å². The summed E-state index contributed by atoms with van der Waals surface area (Å²) in [6, 6.07) is 6.98. The number of anilines is 1. The highest BCUT2D eigenvalue weighted by Gasteiger charge is 2.17. The van der Waals surface area contributed by atoms with E-state index in [1.165, 1.54) is 0 Å². The fourth-order valence-electron chi connectivity index (χ4n) is 2.04. The molecule has 1 aromatic carbocycles. The molecule has 5 nitrogen and oxygen atoms in total. The van der Waals surface area contributed by atoms with Crippen molar-refractivity contribution in [1.29, 1.82) is 0 Å². The fourth-order valence-corrected chi connectivity index (χ4v) is 2.04. The lowest BCUT2D eigenvalue weighted by Crippen LogP contribution is -2.36. The molecule has 1 rings (SSSR count). The Hall–Kier alpha value is -1.88. The van der Waals surface area contributed by atoms with Crippen LogP contribution in [0.3, 0.4) is 0 Å². The van der Waals surface area contributed by atoms with Crippen LogP contribution in [0.1, 0.15) is 44.5 Å².